The molecule has 2 heterocycles. The molecule has 2 atom stereocenters. The molecule has 0 N–H and O–H groups in total. The Bertz CT molecular complexity index is 830. The third-order valence-electron chi connectivity index (χ3n) is 6.19. The van der Waals surface area contributed by atoms with Gasteiger partial charge in [0.25, 0.3) is 0 Å². The first-order valence-electron chi connectivity index (χ1n) is 9.90. The van der Waals surface area contributed by atoms with E-state index in [-0.39, 0.29) is 35.4 Å². The molecule has 2 saturated heterocycles. The first-order valence-corrected chi connectivity index (χ1v) is 11.7. The third kappa shape index (κ3) is 3.97. The molecule has 3 aliphatic rings. The summed E-state index contributed by atoms with van der Waals surface area (Å²) in [4.78, 5) is 17.0. The molecule has 0 radical (unpaired) electrons. The van der Waals surface area contributed by atoms with E-state index in [4.69, 9.17) is 0 Å². The van der Waals surface area contributed by atoms with Gasteiger partial charge in [-0.1, -0.05) is 48.4 Å². The predicted octanol–water partition coefficient (Wildman–Crippen LogP) is 2.20. The maximum atomic E-state index is 12.8. The Morgan fingerprint density at radius 2 is 1.81 bits per heavy atom. The van der Waals surface area contributed by atoms with E-state index >= 15 is 0 Å². The average molecular weight is 389 g/mol. The van der Waals surface area contributed by atoms with Gasteiger partial charge in [0.1, 0.15) is 0 Å². The minimum atomic E-state index is -3.09. The van der Waals surface area contributed by atoms with Gasteiger partial charge in [0.15, 0.2) is 9.84 Å². The molecule has 146 valence electrons. The Balaban J connectivity index is 1.50. The molecule has 1 aromatic rings. The number of carbonyl (C=O) groups excluding carboxylic acids is 1. The molecule has 2 aliphatic heterocycles. The zero-order chi connectivity index (χ0) is 19.0. The highest BCUT2D eigenvalue weighted by Crippen LogP contribution is 2.33. The van der Waals surface area contributed by atoms with Gasteiger partial charge in [-0.2, -0.15) is 0 Å². The molecule has 0 aromatic heterocycles. The molecular formula is C21H28N2O3S. The smallest absolute Gasteiger partial charge is 0.226 e. The number of hydrogen-bond donors (Lipinski definition) is 0. The number of carbonyl (C=O) groups is 1. The molecule has 6 heteroatoms. The fraction of sp³-hybridized carbons (Fsp3) is 0.571. The molecule has 27 heavy (non-hydrogen) atoms. The number of benzene rings is 1. The van der Waals surface area contributed by atoms with Crippen molar-refractivity contribution in [2.45, 2.75) is 38.3 Å². The zero-order valence-electron chi connectivity index (χ0n) is 15.9. The Morgan fingerprint density at radius 1 is 1.11 bits per heavy atom. The fourth-order valence-corrected chi connectivity index (χ4v) is 6.60. The van der Waals surface area contributed by atoms with Crippen LogP contribution in [-0.4, -0.2) is 67.3 Å². The van der Waals surface area contributed by atoms with Crippen LogP contribution in [0.4, 0.5) is 0 Å². The van der Waals surface area contributed by atoms with Crippen molar-refractivity contribution in [3.63, 3.8) is 0 Å². The Kier molecular flexibility index (Phi) is 5.12. The molecule has 1 saturated carbocycles. The molecular weight excluding hydrogens is 360 g/mol. The van der Waals surface area contributed by atoms with Gasteiger partial charge in [-0.15, -0.1) is 0 Å². The molecule has 1 amide bonds. The summed E-state index contributed by atoms with van der Waals surface area (Å²) in [7, 11) is -3.09. The largest absolute Gasteiger partial charge is 0.336 e. The summed E-state index contributed by atoms with van der Waals surface area (Å²) in [5.74, 6) is 0.600. The summed E-state index contributed by atoms with van der Waals surface area (Å²) in [6.07, 6.45) is 5.20. The highest BCUT2D eigenvalue weighted by atomic mass is 32.2. The monoisotopic (exact) mass is 388 g/mol. The summed E-state index contributed by atoms with van der Waals surface area (Å²) < 4.78 is 24.7. The van der Waals surface area contributed by atoms with Crippen molar-refractivity contribution in [3.8, 4) is 0 Å². The van der Waals surface area contributed by atoms with Crippen molar-refractivity contribution >= 4 is 21.8 Å². The minimum Gasteiger partial charge on any atom is -0.336 e. The molecule has 3 fully saturated rings. The van der Waals surface area contributed by atoms with Gasteiger partial charge in [-0.05, 0) is 25.3 Å². The lowest BCUT2D eigenvalue weighted by atomic mass is 9.83. The van der Waals surface area contributed by atoms with Crippen molar-refractivity contribution < 1.29 is 13.2 Å². The maximum absolute atomic E-state index is 12.8. The SMILES string of the molecule is CC(=Cc1ccccc1)CN1CCN(C(=O)C2CCC2)[C@@H]2CS(=O)(=O)C[C@@H]21. The van der Waals surface area contributed by atoms with E-state index in [1.165, 1.54) is 5.57 Å². The minimum absolute atomic E-state index is 0.0769. The van der Waals surface area contributed by atoms with Crippen LogP contribution in [0.2, 0.25) is 0 Å². The summed E-state index contributed by atoms with van der Waals surface area (Å²) in [6.45, 7) is 4.23. The number of piperazine rings is 1. The van der Waals surface area contributed by atoms with Crippen molar-refractivity contribution in [1.82, 2.24) is 9.80 Å². The standard InChI is InChI=1S/C21H28N2O3S/c1-16(12-17-6-3-2-4-7-17)13-22-10-11-23(21(24)18-8-5-9-18)20-15-27(25,26)14-19(20)22/h2-4,6-7,12,18-20H,5,8-11,13-15H2,1H3/t19-,20+/m0/s1. The number of rotatable bonds is 4. The van der Waals surface area contributed by atoms with Crippen LogP contribution < -0.4 is 0 Å². The highest BCUT2D eigenvalue weighted by Gasteiger charge is 2.49. The van der Waals surface area contributed by atoms with Crippen molar-refractivity contribution in [2.75, 3.05) is 31.1 Å². The third-order valence-corrected chi connectivity index (χ3v) is 7.89. The summed E-state index contributed by atoms with van der Waals surface area (Å²) in [5.41, 5.74) is 2.37. The normalized spacial score (nSPS) is 28.6. The number of fused-ring (bicyclic) bond motifs is 1. The van der Waals surface area contributed by atoms with Gasteiger partial charge in [0.2, 0.25) is 5.91 Å². The van der Waals surface area contributed by atoms with Crippen LogP contribution in [-0.2, 0) is 14.6 Å². The van der Waals surface area contributed by atoms with Crippen LogP contribution in [0.1, 0.15) is 31.7 Å². The quantitative estimate of drug-likeness (QED) is 0.793. The van der Waals surface area contributed by atoms with Crippen LogP contribution in [0.15, 0.2) is 35.9 Å². The van der Waals surface area contributed by atoms with Gasteiger partial charge in [-0.3, -0.25) is 9.69 Å². The Labute approximate surface area is 162 Å². The van der Waals surface area contributed by atoms with Crippen LogP contribution in [0, 0.1) is 5.92 Å². The Hall–Kier alpha value is -1.66. The lowest BCUT2D eigenvalue weighted by Crippen LogP contribution is -2.62. The molecule has 5 nitrogen and oxygen atoms in total. The number of hydrogen-bond acceptors (Lipinski definition) is 4. The van der Waals surface area contributed by atoms with E-state index in [0.29, 0.717) is 6.54 Å². The van der Waals surface area contributed by atoms with E-state index in [0.717, 1.165) is 37.9 Å². The highest BCUT2D eigenvalue weighted by molar-refractivity contribution is 7.91. The number of amides is 1. The predicted molar refractivity (Wildman–Crippen MR) is 107 cm³/mol. The van der Waals surface area contributed by atoms with Crippen molar-refractivity contribution in [1.29, 1.82) is 0 Å². The van der Waals surface area contributed by atoms with Crippen molar-refractivity contribution in [2.24, 2.45) is 5.92 Å². The van der Waals surface area contributed by atoms with Crippen LogP contribution in [0.3, 0.4) is 0 Å². The Morgan fingerprint density at radius 3 is 2.48 bits per heavy atom. The van der Waals surface area contributed by atoms with Gasteiger partial charge < -0.3 is 4.90 Å². The fourth-order valence-electron chi connectivity index (χ4n) is 4.58. The molecule has 1 aliphatic carbocycles. The van der Waals surface area contributed by atoms with E-state index in [1.807, 2.05) is 23.1 Å². The first-order chi connectivity index (χ1) is 12.9. The molecule has 0 unspecified atom stereocenters. The van der Waals surface area contributed by atoms with E-state index in [2.05, 4.69) is 30.0 Å². The van der Waals surface area contributed by atoms with Crippen LogP contribution >= 0.6 is 0 Å². The topological polar surface area (TPSA) is 57.7 Å². The van der Waals surface area contributed by atoms with Gasteiger partial charge in [0.05, 0.1) is 17.5 Å². The van der Waals surface area contributed by atoms with Gasteiger partial charge in [-0.25, -0.2) is 8.42 Å². The summed E-state index contributed by atoms with van der Waals surface area (Å²) in [6, 6.07) is 9.92. The lowest BCUT2D eigenvalue weighted by Gasteiger charge is -2.46. The average Bonchev–Trinajstić information content (AvgIpc) is 2.89. The van der Waals surface area contributed by atoms with Crippen molar-refractivity contribution in [3.05, 3.63) is 41.5 Å². The van der Waals surface area contributed by atoms with Crippen LogP contribution in [0.25, 0.3) is 6.08 Å². The number of sulfone groups is 1. The summed E-state index contributed by atoms with van der Waals surface area (Å²) >= 11 is 0. The molecule has 0 spiro atoms. The molecule has 1 aromatic carbocycles. The van der Waals surface area contributed by atoms with Crippen LogP contribution in [0.5, 0.6) is 0 Å². The summed E-state index contributed by atoms with van der Waals surface area (Å²) in [5, 5.41) is 0. The molecule has 0 bridgehead atoms. The number of nitrogens with zero attached hydrogens (tertiary/aromatic N) is 2. The van der Waals surface area contributed by atoms with Gasteiger partial charge in [0, 0.05) is 31.6 Å². The maximum Gasteiger partial charge on any atom is 0.226 e. The first kappa shape index (κ1) is 18.7. The van der Waals surface area contributed by atoms with E-state index in [9.17, 15) is 13.2 Å². The second-order valence-electron chi connectivity index (χ2n) is 8.24. The van der Waals surface area contributed by atoms with Gasteiger partial charge >= 0.3 is 0 Å². The molecule has 4 rings (SSSR count). The lowest BCUT2D eigenvalue weighted by molar-refractivity contribution is -0.143. The van der Waals surface area contributed by atoms with E-state index < -0.39 is 9.84 Å². The second kappa shape index (κ2) is 7.40. The second-order valence-corrected chi connectivity index (χ2v) is 10.4. The van der Waals surface area contributed by atoms with E-state index in [1.54, 1.807) is 0 Å². The zero-order valence-corrected chi connectivity index (χ0v) is 16.7.